The van der Waals surface area contributed by atoms with E-state index in [9.17, 15) is 13.2 Å². The third-order valence-electron chi connectivity index (χ3n) is 3.53. The van der Waals surface area contributed by atoms with Gasteiger partial charge < -0.3 is 5.32 Å². The molecule has 0 unspecified atom stereocenters. The Hall–Kier alpha value is -2.64. The molecule has 2 aromatic carbocycles. The molecule has 0 aliphatic rings. The SMILES string of the molecule is O=C(NC(=S)Nc1ccc(S(=O)(=O)Nc2ncccn2)cc1)c1cccc(I)c1. The van der Waals surface area contributed by atoms with Crippen molar-refractivity contribution in [3.05, 3.63) is 76.1 Å². The molecule has 1 amide bonds. The molecule has 0 aliphatic carbocycles. The predicted molar refractivity (Wildman–Crippen MR) is 122 cm³/mol. The van der Waals surface area contributed by atoms with Gasteiger partial charge in [-0.2, -0.15) is 0 Å². The summed E-state index contributed by atoms with van der Waals surface area (Å²) in [5.74, 6) is -0.360. The van der Waals surface area contributed by atoms with Gasteiger partial charge in [-0.15, -0.1) is 0 Å². The van der Waals surface area contributed by atoms with E-state index in [1.807, 2.05) is 6.07 Å². The number of benzene rings is 2. The summed E-state index contributed by atoms with van der Waals surface area (Å²) in [6, 6.07) is 14.5. The zero-order valence-electron chi connectivity index (χ0n) is 14.7. The Morgan fingerprint density at radius 3 is 2.34 bits per heavy atom. The highest BCUT2D eigenvalue weighted by molar-refractivity contribution is 14.1. The second kappa shape index (κ2) is 9.24. The topological polar surface area (TPSA) is 113 Å². The number of nitrogens with zero attached hydrogens (tertiary/aromatic N) is 2. The Morgan fingerprint density at radius 2 is 1.69 bits per heavy atom. The standard InChI is InChI=1S/C18H14IN5O3S2/c19-13-4-1-3-12(11-13)16(25)23-18(28)22-14-5-7-15(8-6-14)29(26,27)24-17-20-9-2-10-21-17/h1-11H,(H,20,21,24)(H2,22,23,25,28). The summed E-state index contributed by atoms with van der Waals surface area (Å²) in [6.07, 6.45) is 2.87. The first-order valence-electron chi connectivity index (χ1n) is 8.11. The van der Waals surface area contributed by atoms with Crippen molar-refractivity contribution in [2.24, 2.45) is 0 Å². The van der Waals surface area contributed by atoms with E-state index in [0.717, 1.165) is 3.57 Å². The number of hydrogen-bond acceptors (Lipinski definition) is 6. The zero-order chi connectivity index (χ0) is 20.9. The van der Waals surface area contributed by atoms with Crippen LogP contribution in [-0.4, -0.2) is 29.4 Å². The van der Waals surface area contributed by atoms with E-state index >= 15 is 0 Å². The van der Waals surface area contributed by atoms with Gasteiger partial charge >= 0.3 is 0 Å². The number of nitrogens with one attached hydrogen (secondary N) is 3. The summed E-state index contributed by atoms with van der Waals surface area (Å²) < 4.78 is 28.0. The second-order valence-electron chi connectivity index (χ2n) is 5.62. The Balaban J connectivity index is 1.62. The summed E-state index contributed by atoms with van der Waals surface area (Å²) in [6.45, 7) is 0. The van der Waals surface area contributed by atoms with Crippen LogP contribution >= 0.6 is 34.8 Å². The van der Waals surface area contributed by atoms with Crippen molar-refractivity contribution in [2.75, 3.05) is 10.0 Å². The van der Waals surface area contributed by atoms with Crippen molar-refractivity contribution in [1.82, 2.24) is 15.3 Å². The zero-order valence-corrected chi connectivity index (χ0v) is 18.5. The minimum atomic E-state index is -3.82. The van der Waals surface area contributed by atoms with Crippen LogP contribution in [0.3, 0.4) is 0 Å². The van der Waals surface area contributed by atoms with Crippen molar-refractivity contribution < 1.29 is 13.2 Å². The van der Waals surface area contributed by atoms with Crippen LogP contribution in [-0.2, 0) is 10.0 Å². The molecule has 148 valence electrons. The van der Waals surface area contributed by atoms with Crippen LogP contribution in [0.25, 0.3) is 0 Å². The number of hydrogen-bond donors (Lipinski definition) is 3. The van der Waals surface area contributed by atoms with Crippen molar-refractivity contribution in [3.63, 3.8) is 0 Å². The number of anilines is 2. The monoisotopic (exact) mass is 539 g/mol. The van der Waals surface area contributed by atoms with E-state index in [4.69, 9.17) is 12.2 Å². The second-order valence-corrected chi connectivity index (χ2v) is 8.96. The maximum Gasteiger partial charge on any atom is 0.264 e. The van der Waals surface area contributed by atoms with Gasteiger partial charge in [0.15, 0.2) is 5.11 Å². The molecule has 3 N–H and O–H groups in total. The third-order valence-corrected chi connectivity index (χ3v) is 5.75. The molecule has 0 aliphatic heterocycles. The summed E-state index contributed by atoms with van der Waals surface area (Å²) >= 11 is 7.26. The van der Waals surface area contributed by atoms with Crippen molar-refractivity contribution in [1.29, 1.82) is 0 Å². The van der Waals surface area contributed by atoms with Crippen molar-refractivity contribution in [2.45, 2.75) is 4.90 Å². The molecule has 0 radical (unpaired) electrons. The average molecular weight is 539 g/mol. The third kappa shape index (κ3) is 5.92. The van der Waals surface area contributed by atoms with Crippen LogP contribution in [0.5, 0.6) is 0 Å². The fourth-order valence-electron chi connectivity index (χ4n) is 2.22. The van der Waals surface area contributed by atoms with Gasteiger partial charge in [-0.05, 0) is 83.3 Å². The molecule has 3 rings (SSSR count). The molecular weight excluding hydrogens is 525 g/mol. The predicted octanol–water partition coefficient (Wildman–Crippen LogP) is 3.01. The minimum Gasteiger partial charge on any atom is -0.332 e. The molecule has 0 spiro atoms. The number of rotatable bonds is 5. The minimum absolute atomic E-state index is 0.0193. The van der Waals surface area contributed by atoms with Gasteiger partial charge in [0.05, 0.1) is 4.90 Å². The van der Waals surface area contributed by atoms with Crippen LogP contribution in [0, 0.1) is 3.57 Å². The normalized spacial score (nSPS) is 10.8. The number of carbonyl (C=O) groups is 1. The van der Waals surface area contributed by atoms with Crippen LogP contribution in [0.4, 0.5) is 11.6 Å². The first kappa shape index (κ1) is 21.1. The lowest BCUT2D eigenvalue weighted by Crippen LogP contribution is -2.34. The molecule has 0 fully saturated rings. The quantitative estimate of drug-likeness (QED) is 0.338. The van der Waals surface area contributed by atoms with Gasteiger partial charge in [0.1, 0.15) is 0 Å². The van der Waals surface area contributed by atoms with E-state index in [0.29, 0.717) is 11.3 Å². The molecule has 0 saturated heterocycles. The van der Waals surface area contributed by atoms with Crippen LogP contribution in [0.2, 0.25) is 0 Å². The Morgan fingerprint density at radius 1 is 1.00 bits per heavy atom. The average Bonchev–Trinajstić information content (AvgIpc) is 2.68. The van der Waals surface area contributed by atoms with Gasteiger partial charge in [0, 0.05) is 27.2 Å². The maximum atomic E-state index is 12.4. The highest BCUT2D eigenvalue weighted by Crippen LogP contribution is 2.16. The van der Waals surface area contributed by atoms with E-state index in [-0.39, 0.29) is 21.9 Å². The lowest BCUT2D eigenvalue weighted by Gasteiger charge is -2.11. The Labute approximate surface area is 186 Å². The molecular formula is C18H14IN5O3S2. The summed E-state index contributed by atoms with van der Waals surface area (Å²) in [5.41, 5.74) is 1.00. The Bertz CT molecular complexity index is 1140. The molecule has 1 heterocycles. The van der Waals surface area contributed by atoms with Gasteiger partial charge in [-0.1, -0.05) is 6.07 Å². The first-order chi connectivity index (χ1) is 13.8. The van der Waals surface area contributed by atoms with Crippen LogP contribution < -0.4 is 15.4 Å². The molecule has 0 bridgehead atoms. The van der Waals surface area contributed by atoms with Gasteiger partial charge in [0.2, 0.25) is 5.95 Å². The fraction of sp³-hybridized carbons (Fsp3) is 0. The van der Waals surface area contributed by atoms with Gasteiger partial charge in [-0.3, -0.25) is 10.1 Å². The van der Waals surface area contributed by atoms with Crippen LogP contribution in [0.1, 0.15) is 10.4 Å². The van der Waals surface area contributed by atoms with Gasteiger partial charge in [0.25, 0.3) is 15.9 Å². The number of sulfonamides is 1. The largest absolute Gasteiger partial charge is 0.332 e. The summed E-state index contributed by atoms with van der Waals surface area (Å²) in [5, 5.41) is 5.52. The number of thiocarbonyl (C=S) groups is 1. The fourth-order valence-corrected chi connectivity index (χ4v) is 3.93. The Kier molecular flexibility index (Phi) is 6.71. The smallest absolute Gasteiger partial charge is 0.264 e. The highest BCUT2D eigenvalue weighted by atomic mass is 127. The van der Waals surface area contributed by atoms with E-state index in [1.165, 1.54) is 36.7 Å². The van der Waals surface area contributed by atoms with E-state index in [1.54, 1.807) is 24.3 Å². The molecule has 29 heavy (non-hydrogen) atoms. The maximum absolute atomic E-state index is 12.4. The van der Waals surface area contributed by atoms with E-state index < -0.39 is 10.0 Å². The van der Waals surface area contributed by atoms with E-state index in [2.05, 4.69) is 47.9 Å². The molecule has 8 nitrogen and oxygen atoms in total. The number of halogens is 1. The lowest BCUT2D eigenvalue weighted by molar-refractivity contribution is 0.0977. The first-order valence-corrected chi connectivity index (χ1v) is 11.1. The lowest BCUT2D eigenvalue weighted by atomic mass is 10.2. The summed E-state index contributed by atoms with van der Waals surface area (Å²) in [7, 11) is -3.82. The molecule has 1 aromatic heterocycles. The number of carbonyl (C=O) groups excluding carboxylic acids is 1. The molecule has 0 saturated carbocycles. The van der Waals surface area contributed by atoms with Gasteiger partial charge in [-0.25, -0.2) is 23.1 Å². The molecule has 3 aromatic rings. The highest BCUT2D eigenvalue weighted by Gasteiger charge is 2.15. The number of amides is 1. The molecule has 11 heteroatoms. The van der Waals surface area contributed by atoms with Crippen molar-refractivity contribution >= 4 is 67.5 Å². The molecule has 0 atom stereocenters. The summed E-state index contributed by atoms with van der Waals surface area (Å²) in [4.78, 5) is 19.9. The van der Waals surface area contributed by atoms with Crippen molar-refractivity contribution in [3.8, 4) is 0 Å². The number of aromatic nitrogens is 2. The van der Waals surface area contributed by atoms with Crippen LogP contribution in [0.15, 0.2) is 71.9 Å².